The molecule has 2 aromatic carbocycles. The van der Waals surface area contributed by atoms with Gasteiger partial charge in [-0.05, 0) is 53.3 Å². The minimum atomic E-state index is -0.264. The number of hydrogen-bond acceptors (Lipinski definition) is 6. The molecule has 0 aliphatic carbocycles. The maximum atomic E-state index is 13.6. The monoisotopic (exact) mass is 480 g/mol. The highest BCUT2D eigenvalue weighted by atomic mass is 32.2. The Kier molecular flexibility index (Phi) is 6.15. The molecular formula is C24H21FN4O2S2. The Balaban J connectivity index is 1.51. The first-order valence-electron chi connectivity index (χ1n) is 10.6. The summed E-state index contributed by atoms with van der Waals surface area (Å²) in [5.74, 6) is 1.58. The van der Waals surface area contributed by atoms with E-state index in [9.17, 15) is 9.18 Å². The van der Waals surface area contributed by atoms with Crippen LogP contribution in [0.25, 0.3) is 16.0 Å². The van der Waals surface area contributed by atoms with Crippen LogP contribution in [0, 0.1) is 5.82 Å². The molecule has 0 bridgehead atoms. The summed E-state index contributed by atoms with van der Waals surface area (Å²) < 4.78 is 23.4. The first kappa shape index (κ1) is 21.7. The number of thiophene rings is 1. The smallest absolute Gasteiger partial charge is 0.273 e. The van der Waals surface area contributed by atoms with Gasteiger partial charge < -0.3 is 4.74 Å². The Bertz CT molecular complexity index is 1470. The van der Waals surface area contributed by atoms with Gasteiger partial charge in [-0.15, -0.1) is 21.5 Å². The van der Waals surface area contributed by atoms with Gasteiger partial charge in [0.15, 0.2) is 5.16 Å². The lowest BCUT2D eigenvalue weighted by Crippen LogP contribution is -2.23. The molecule has 5 rings (SSSR count). The molecule has 0 saturated carbocycles. The number of fused-ring (bicyclic) bond motifs is 3. The molecule has 0 spiro atoms. The molecule has 0 N–H and O–H groups in total. The molecule has 0 saturated heterocycles. The van der Waals surface area contributed by atoms with E-state index >= 15 is 0 Å². The molecule has 5 aromatic rings. The Morgan fingerprint density at radius 1 is 1.09 bits per heavy atom. The zero-order chi connectivity index (χ0) is 22.8. The molecule has 0 fully saturated rings. The van der Waals surface area contributed by atoms with Gasteiger partial charge in [-0.3, -0.25) is 13.8 Å². The zero-order valence-corrected chi connectivity index (χ0v) is 19.5. The number of hydrogen-bond donors (Lipinski definition) is 0. The molecule has 6 nitrogen and oxygen atoms in total. The van der Waals surface area contributed by atoms with Crippen LogP contribution in [0.1, 0.15) is 24.5 Å². The van der Waals surface area contributed by atoms with E-state index in [4.69, 9.17) is 4.74 Å². The van der Waals surface area contributed by atoms with E-state index in [-0.39, 0.29) is 11.4 Å². The van der Waals surface area contributed by atoms with Gasteiger partial charge in [-0.1, -0.05) is 43.0 Å². The number of benzene rings is 2. The lowest BCUT2D eigenvalue weighted by molar-refractivity contribution is 0.317. The number of rotatable bonds is 8. The van der Waals surface area contributed by atoms with Crippen molar-refractivity contribution in [2.45, 2.75) is 30.8 Å². The van der Waals surface area contributed by atoms with Crippen LogP contribution in [0.15, 0.2) is 69.9 Å². The van der Waals surface area contributed by atoms with Crippen LogP contribution in [-0.4, -0.2) is 25.8 Å². The van der Waals surface area contributed by atoms with Crippen LogP contribution in [0.2, 0.25) is 0 Å². The highest BCUT2D eigenvalue weighted by Crippen LogP contribution is 2.27. The van der Waals surface area contributed by atoms with E-state index < -0.39 is 0 Å². The summed E-state index contributed by atoms with van der Waals surface area (Å²) in [5.41, 5.74) is 2.52. The zero-order valence-electron chi connectivity index (χ0n) is 17.9. The number of halogens is 1. The summed E-state index contributed by atoms with van der Waals surface area (Å²) in [6.45, 7) is 3.11. The maximum absolute atomic E-state index is 13.6. The van der Waals surface area contributed by atoms with Crippen molar-refractivity contribution in [3.8, 4) is 5.75 Å². The van der Waals surface area contributed by atoms with Crippen LogP contribution in [0.5, 0.6) is 5.75 Å². The fraction of sp³-hybridized carbons (Fsp3) is 0.208. The fourth-order valence-corrected chi connectivity index (χ4v) is 5.31. The summed E-state index contributed by atoms with van der Waals surface area (Å²) in [7, 11) is 0. The molecule has 0 atom stereocenters. The third-order valence-electron chi connectivity index (χ3n) is 5.18. The van der Waals surface area contributed by atoms with Gasteiger partial charge in [0.05, 0.1) is 18.7 Å². The van der Waals surface area contributed by atoms with E-state index in [1.807, 2.05) is 46.2 Å². The van der Waals surface area contributed by atoms with Gasteiger partial charge in [0.25, 0.3) is 5.56 Å². The van der Waals surface area contributed by atoms with E-state index in [1.165, 1.54) is 35.2 Å². The van der Waals surface area contributed by atoms with Gasteiger partial charge in [0.1, 0.15) is 16.3 Å². The summed E-state index contributed by atoms with van der Waals surface area (Å²) >= 11 is 2.87. The topological polar surface area (TPSA) is 61.4 Å². The summed E-state index contributed by atoms with van der Waals surface area (Å²) in [5, 5.41) is 11.3. The standard InChI is InChI=1S/C24H21FN4O2S2/c1-2-11-31-19-8-6-16(7-9-19)14-28-22(30)21-20(10-12-32-21)29-23(28)26-27-24(29)33-15-17-4-3-5-18(25)13-17/h3-10,12-13H,2,11,14-15H2,1H3. The first-order chi connectivity index (χ1) is 16.1. The van der Waals surface area contributed by atoms with Gasteiger partial charge in [-0.25, -0.2) is 4.39 Å². The molecule has 0 radical (unpaired) electrons. The van der Waals surface area contributed by atoms with Crippen LogP contribution in [-0.2, 0) is 12.3 Å². The summed E-state index contributed by atoms with van der Waals surface area (Å²) in [6, 6.07) is 16.2. The first-order valence-corrected chi connectivity index (χ1v) is 12.4. The Hall–Kier alpha value is -3.17. The Morgan fingerprint density at radius 2 is 1.94 bits per heavy atom. The lowest BCUT2D eigenvalue weighted by Gasteiger charge is -2.10. The third-order valence-corrected chi connectivity index (χ3v) is 7.07. The minimum absolute atomic E-state index is 0.0899. The molecular weight excluding hydrogens is 459 g/mol. The average molecular weight is 481 g/mol. The minimum Gasteiger partial charge on any atom is -0.494 e. The molecule has 3 aromatic heterocycles. The van der Waals surface area contributed by atoms with Gasteiger partial charge in [-0.2, -0.15) is 0 Å². The maximum Gasteiger partial charge on any atom is 0.273 e. The lowest BCUT2D eigenvalue weighted by atomic mass is 10.2. The van der Waals surface area contributed by atoms with Crippen LogP contribution < -0.4 is 10.3 Å². The molecule has 0 aliphatic heterocycles. The normalized spacial score (nSPS) is 11.5. The fourth-order valence-electron chi connectivity index (χ4n) is 3.60. The van der Waals surface area contributed by atoms with Crippen LogP contribution in [0.4, 0.5) is 4.39 Å². The van der Waals surface area contributed by atoms with Crippen molar-refractivity contribution in [1.29, 1.82) is 0 Å². The van der Waals surface area contributed by atoms with Crippen molar-refractivity contribution in [2.75, 3.05) is 6.61 Å². The highest BCUT2D eigenvalue weighted by molar-refractivity contribution is 7.98. The molecule has 0 aliphatic rings. The van der Waals surface area contributed by atoms with Crippen molar-refractivity contribution in [1.82, 2.24) is 19.2 Å². The number of aromatic nitrogens is 4. The van der Waals surface area contributed by atoms with E-state index in [0.29, 0.717) is 34.5 Å². The molecule has 0 unspecified atom stereocenters. The Labute approximate surface area is 197 Å². The SMILES string of the molecule is CCCOc1ccc(Cn2c(=O)c3sccc3n3c(SCc4cccc(F)c4)nnc23)cc1. The molecule has 33 heavy (non-hydrogen) atoms. The predicted molar refractivity (Wildman–Crippen MR) is 130 cm³/mol. The van der Waals surface area contributed by atoms with Crippen molar-refractivity contribution in [3.63, 3.8) is 0 Å². The number of nitrogens with zero attached hydrogens (tertiary/aromatic N) is 4. The van der Waals surface area contributed by atoms with E-state index in [1.54, 1.807) is 10.6 Å². The number of ether oxygens (including phenoxy) is 1. The Morgan fingerprint density at radius 3 is 2.73 bits per heavy atom. The molecule has 9 heteroatoms. The van der Waals surface area contributed by atoms with Crippen LogP contribution >= 0.6 is 23.1 Å². The predicted octanol–water partition coefficient (Wildman–Crippen LogP) is 5.37. The van der Waals surface area contributed by atoms with Gasteiger partial charge in [0.2, 0.25) is 5.78 Å². The second-order valence-corrected chi connectivity index (χ2v) is 9.41. The van der Waals surface area contributed by atoms with Crippen molar-refractivity contribution in [3.05, 3.63) is 87.3 Å². The van der Waals surface area contributed by atoms with E-state index in [0.717, 1.165) is 28.8 Å². The van der Waals surface area contributed by atoms with Gasteiger partial charge >= 0.3 is 0 Å². The summed E-state index contributed by atoms with van der Waals surface area (Å²) in [4.78, 5) is 13.3. The van der Waals surface area contributed by atoms with Crippen molar-refractivity contribution >= 4 is 39.1 Å². The van der Waals surface area contributed by atoms with Crippen molar-refractivity contribution < 1.29 is 9.13 Å². The van der Waals surface area contributed by atoms with Crippen molar-refractivity contribution in [2.24, 2.45) is 0 Å². The van der Waals surface area contributed by atoms with Crippen LogP contribution in [0.3, 0.4) is 0 Å². The third kappa shape index (κ3) is 4.38. The number of thioether (sulfide) groups is 1. The molecule has 0 amide bonds. The largest absolute Gasteiger partial charge is 0.494 e. The van der Waals surface area contributed by atoms with E-state index in [2.05, 4.69) is 17.1 Å². The molecule has 168 valence electrons. The molecule has 3 heterocycles. The highest BCUT2D eigenvalue weighted by Gasteiger charge is 2.18. The second-order valence-electron chi connectivity index (χ2n) is 7.56. The summed E-state index contributed by atoms with van der Waals surface area (Å²) in [6.07, 6.45) is 0.947. The second kappa shape index (κ2) is 9.36. The van der Waals surface area contributed by atoms with Gasteiger partial charge in [0, 0.05) is 5.75 Å². The average Bonchev–Trinajstić information content (AvgIpc) is 3.47. The quantitative estimate of drug-likeness (QED) is 0.279.